The molecule has 0 spiro atoms. The van der Waals surface area contributed by atoms with E-state index in [0.717, 1.165) is 12.1 Å². The van der Waals surface area contributed by atoms with E-state index in [1.165, 1.54) is 25.0 Å². The van der Waals surface area contributed by atoms with E-state index >= 15 is 0 Å². The molecule has 0 heterocycles. The Morgan fingerprint density at radius 1 is 1.20 bits per heavy atom. The Labute approximate surface area is 115 Å². The molecule has 20 heavy (non-hydrogen) atoms. The van der Waals surface area contributed by atoms with E-state index in [1.54, 1.807) is 0 Å². The number of alkyl halides is 3. The van der Waals surface area contributed by atoms with Crippen molar-refractivity contribution in [2.45, 2.75) is 38.0 Å². The van der Waals surface area contributed by atoms with Gasteiger partial charge in [0, 0.05) is 25.6 Å². The van der Waals surface area contributed by atoms with Crippen LogP contribution in [0.25, 0.3) is 0 Å². The second-order valence-corrected chi connectivity index (χ2v) is 4.95. The van der Waals surface area contributed by atoms with Crippen LogP contribution >= 0.6 is 0 Å². The van der Waals surface area contributed by atoms with Crippen LogP contribution in [-0.4, -0.2) is 18.5 Å². The number of carbonyl (C=O) groups is 1. The summed E-state index contributed by atoms with van der Waals surface area (Å²) >= 11 is 0. The predicted molar refractivity (Wildman–Crippen MR) is 68.9 cm³/mol. The maximum atomic E-state index is 12.4. The number of hydrogen-bond donors (Lipinski definition) is 2. The van der Waals surface area contributed by atoms with Crippen LogP contribution in [0.3, 0.4) is 0 Å². The smallest absolute Gasteiger partial charge is 0.352 e. The van der Waals surface area contributed by atoms with Gasteiger partial charge in [-0.25, -0.2) is 0 Å². The van der Waals surface area contributed by atoms with Gasteiger partial charge in [-0.15, -0.1) is 0 Å². The molecule has 0 atom stereocenters. The summed E-state index contributed by atoms with van der Waals surface area (Å²) in [4.78, 5) is 11.5. The van der Waals surface area contributed by atoms with E-state index < -0.39 is 11.7 Å². The quantitative estimate of drug-likeness (QED) is 0.843. The second kappa shape index (κ2) is 6.26. The summed E-state index contributed by atoms with van der Waals surface area (Å²) in [5, 5.41) is 5.92. The van der Waals surface area contributed by atoms with E-state index in [-0.39, 0.29) is 12.5 Å². The van der Waals surface area contributed by atoms with E-state index in [2.05, 4.69) is 10.6 Å². The molecule has 1 aliphatic carbocycles. The summed E-state index contributed by atoms with van der Waals surface area (Å²) in [5.74, 6) is -0.0990. The van der Waals surface area contributed by atoms with Crippen molar-refractivity contribution in [3.05, 3.63) is 35.4 Å². The Morgan fingerprint density at radius 2 is 1.85 bits per heavy atom. The lowest BCUT2D eigenvalue weighted by Crippen LogP contribution is -2.28. The SMILES string of the molecule is O=C(CCNC1CC1)NCc1ccc(C(F)(F)F)cc1. The standard InChI is InChI=1S/C14H17F3N2O/c15-14(16,17)11-3-1-10(2-4-11)9-19-13(20)7-8-18-12-5-6-12/h1-4,12,18H,5-9H2,(H,19,20). The van der Waals surface area contributed by atoms with Gasteiger partial charge in [-0.2, -0.15) is 13.2 Å². The van der Waals surface area contributed by atoms with E-state index in [4.69, 9.17) is 0 Å². The van der Waals surface area contributed by atoms with Crippen LogP contribution in [0.5, 0.6) is 0 Å². The highest BCUT2D eigenvalue weighted by Crippen LogP contribution is 2.29. The van der Waals surface area contributed by atoms with Crippen molar-refractivity contribution < 1.29 is 18.0 Å². The van der Waals surface area contributed by atoms with Crippen LogP contribution in [0.2, 0.25) is 0 Å². The van der Waals surface area contributed by atoms with E-state index in [0.29, 0.717) is 24.6 Å². The molecule has 1 saturated carbocycles. The third-order valence-corrected chi connectivity index (χ3v) is 3.13. The van der Waals surface area contributed by atoms with Gasteiger partial charge in [0.25, 0.3) is 0 Å². The first kappa shape index (κ1) is 14.8. The molecule has 0 unspecified atom stereocenters. The number of amides is 1. The van der Waals surface area contributed by atoms with Gasteiger partial charge in [-0.1, -0.05) is 12.1 Å². The van der Waals surface area contributed by atoms with Gasteiger partial charge < -0.3 is 10.6 Å². The third kappa shape index (κ3) is 4.85. The first-order valence-corrected chi connectivity index (χ1v) is 6.61. The highest BCUT2D eigenvalue weighted by molar-refractivity contribution is 5.76. The molecule has 1 fully saturated rings. The first-order chi connectivity index (χ1) is 9.45. The lowest BCUT2D eigenvalue weighted by molar-refractivity contribution is -0.137. The molecule has 3 nitrogen and oxygen atoms in total. The summed E-state index contributed by atoms with van der Waals surface area (Å²) in [6, 6.07) is 5.38. The lowest BCUT2D eigenvalue weighted by Gasteiger charge is -2.09. The molecule has 1 aliphatic rings. The number of hydrogen-bond acceptors (Lipinski definition) is 2. The van der Waals surface area contributed by atoms with Gasteiger partial charge >= 0.3 is 6.18 Å². The van der Waals surface area contributed by atoms with Gasteiger partial charge in [0.2, 0.25) is 5.91 Å². The third-order valence-electron chi connectivity index (χ3n) is 3.13. The lowest BCUT2D eigenvalue weighted by atomic mass is 10.1. The van der Waals surface area contributed by atoms with Crippen LogP contribution in [0, 0.1) is 0 Å². The van der Waals surface area contributed by atoms with Gasteiger partial charge in [0.05, 0.1) is 5.56 Å². The van der Waals surface area contributed by atoms with E-state index in [9.17, 15) is 18.0 Å². The highest BCUT2D eigenvalue weighted by atomic mass is 19.4. The molecule has 0 radical (unpaired) electrons. The zero-order valence-corrected chi connectivity index (χ0v) is 11.0. The number of rotatable bonds is 6. The zero-order valence-electron chi connectivity index (χ0n) is 11.0. The zero-order chi connectivity index (χ0) is 14.6. The number of halogens is 3. The fourth-order valence-electron chi connectivity index (χ4n) is 1.78. The molecule has 2 N–H and O–H groups in total. The second-order valence-electron chi connectivity index (χ2n) is 4.95. The molecule has 0 saturated heterocycles. The topological polar surface area (TPSA) is 41.1 Å². The molecule has 6 heteroatoms. The van der Waals surface area contributed by atoms with Crippen LogP contribution in [0.1, 0.15) is 30.4 Å². The minimum Gasteiger partial charge on any atom is -0.352 e. The van der Waals surface area contributed by atoms with E-state index in [1.807, 2.05) is 0 Å². The van der Waals surface area contributed by atoms with Crippen LogP contribution in [0.4, 0.5) is 13.2 Å². The largest absolute Gasteiger partial charge is 0.416 e. The molecular weight excluding hydrogens is 269 g/mol. The Hall–Kier alpha value is -1.56. The van der Waals surface area contributed by atoms with Crippen molar-refractivity contribution in [3.63, 3.8) is 0 Å². The number of nitrogens with one attached hydrogen (secondary N) is 2. The summed E-state index contributed by atoms with van der Waals surface area (Å²) in [6.45, 7) is 0.893. The molecule has 0 aromatic heterocycles. The molecule has 1 aromatic rings. The highest BCUT2D eigenvalue weighted by Gasteiger charge is 2.29. The molecule has 1 aromatic carbocycles. The maximum Gasteiger partial charge on any atom is 0.416 e. The van der Waals surface area contributed by atoms with Crippen molar-refractivity contribution in [1.29, 1.82) is 0 Å². The Balaban J connectivity index is 1.71. The molecule has 1 amide bonds. The van der Waals surface area contributed by atoms with Crippen molar-refractivity contribution in [1.82, 2.24) is 10.6 Å². The average molecular weight is 286 g/mol. The van der Waals surface area contributed by atoms with Crippen molar-refractivity contribution in [2.24, 2.45) is 0 Å². The molecule has 110 valence electrons. The maximum absolute atomic E-state index is 12.4. The average Bonchev–Trinajstić information content (AvgIpc) is 3.20. The minimum atomic E-state index is -4.32. The molecule has 0 bridgehead atoms. The molecule has 0 aliphatic heterocycles. The van der Waals surface area contributed by atoms with Gasteiger partial charge in [0.1, 0.15) is 0 Å². The Kier molecular flexibility index (Phi) is 4.65. The Morgan fingerprint density at radius 3 is 2.40 bits per heavy atom. The van der Waals surface area contributed by atoms with Gasteiger partial charge in [0.15, 0.2) is 0 Å². The minimum absolute atomic E-state index is 0.0990. The number of benzene rings is 1. The summed E-state index contributed by atoms with van der Waals surface area (Å²) < 4.78 is 37.1. The van der Waals surface area contributed by atoms with Crippen LogP contribution in [0.15, 0.2) is 24.3 Å². The Bertz CT molecular complexity index is 452. The van der Waals surface area contributed by atoms with Crippen molar-refractivity contribution >= 4 is 5.91 Å². The predicted octanol–water partition coefficient (Wildman–Crippen LogP) is 2.46. The number of carbonyl (C=O) groups excluding carboxylic acids is 1. The molecular formula is C14H17F3N2O. The summed E-state index contributed by atoms with van der Waals surface area (Å²) in [7, 11) is 0. The monoisotopic (exact) mass is 286 g/mol. The summed E-state index contributed by atoms with van der Waals surface area (Å²) in [6.07, 6.45) is -1.59. The fraction of sp³-hybridized carbons (Fsp3) is 0.500. The first-order valence-electron chi connectivity index (χ1n) is 6.61. The van der Waals surface area contributed by atoms with Crippen LogP contribution in [-0.2, 0) is 17.5 Å². The van der Waals surface area contributed by atoms with Crippen molar-refractivity contribution in [2.75, 3.05) is 6.54 Å². The van der Waals surface area contributed by atoms with Crippen LogP contribution < -0.4 is 10.6 Å². The molecule has 2 rings (SSSR count). The van der Waals surface area contributed by atoms with Gasteiger partial charge in [-0.05, 0) is 30.5 Å². The van der Waals surface area contributed by atoms with Crippen molar-refractivity contribution in [3.8, 4) is 0 Å². The fourth-order valence-corrected chi connectivity index (χ4v) is 1.78. The normalized spacial score (nSPS) is 15.2. The van der Waals surface area contributed by atoms with Gasteiger partial charge in [-0.3, -0.25) is 4.79 Å². The summed E-state index contributed by atoms with van der Waals surface area (Å²) in [5.41, 5.74) is -0.0253.